The van der Waals surface area contributed by atoms with E-state index in [0.29, 0.717) is 0 Å². The molecule has 2 heterocycles. The summed E-state index contributed by atoms with van der Waals surface area (Å²) in [5.74, 6) is 0. The Morgan fingerprint density at radius 1 is 0.833 bits per heavy atom. The second-order valence-corrected chi connectivity index (χ2v) is 10.6. The second-order valence-electron chi connectivity index (χ2n) is 10.6. The van der Waals surface area contributed by atoms with Crippen LogP contribution in [0.2, 0.25) is 0 Å². The average molecular weight is 398 g/mol. The fourth-order valence-electron chi connectivity index (χ4n) is 4.10. The Balaban J connectivity index is 1.93. The minimum absolute atomic E-state index is 0.0161. The molecule has 0 aliphatic heterocycles. The quantitative estimate of drug-likeness (QED) is 0.364. The van der Waals surface area contributed by atoms with E-state index in [2.05, 4.69) is 89.0 Å². The first-order valence-electron chi connectivity index (χ1n) is 10.7. The molecular weight excluding hydrogens is 366 g/mol. The highest BCUT2D eigenvalue weighted by Gasteiger charge is 2.21. The fourth-order valence-corrected chi connectivity index (χ4v) is 4.10. The maximum Gasteiger partial charge on any atom is 0.116 e. The Hall–Kier alpha value is -2.81. The maximum atomic E-state index is 4.85. The van der Waals surface area contributed by atoms with Gasteiger partial charge in [-0.05, 0) is 59.6 Å². The van der Waals surface area contributed by atoms with Crippen molar-refractivity contribution in [1.29, 1.82) is 0 Å². The van der Waals surface area contributed by atoms with E-state index in [1.165, 1.54) is 11.1 Å². The largest absolute Gasteiger partial charge is 0.253 e. The van der Waals surface area contributed by atoms with Crippen molar-refractivity contribution in [3.63, 3.8) is 0 Å². The van der Waals surface area contributed by atoms with Crippen molar-refractivity contribution < 1.29 is 0 Å². The number of hydrogen-bond donors (Lipinski definition) is 0. The van der Waals surface area contributed by atoms with Crippen LogP contribution in [-0.2, 0) is 11.8 Å². The Labute approximate surface area is 179 Å². The fraction of sp³-hybridized carbons (Fsp3) is 0.370. The molecule has 0 aliphatic carbocycles. The SMILES string of the molecule is Cc1ccc2cc(-c3ncnc4cc(CC(C)(C)C)ccc34)cc(C(C)(C)C)c2n1. The van der Waals surface area contributed by atoms with Crippen molar-refractivity contribution in [3.05, 3.63) is 65.6 Å². The molecule has 2 aromatic heterocycles. The molecule has 0 saturated carbocycles. The Bertz CT molecular complexity index is 1240. The number of nitrogens with zero attached hydrogens (tertiary/aromatic N) is 3. The number of pyridine rings is 1. The van der Waals surface area contributed by atoms with E-state index >= 15 is 0 Å². The first-order chi connectivity index (χ1) is 14.0. The minimum Gasteiger partial charge on any atom is -0.253 e. The molecule has 3 nitrogen and oxygen atoms in total. The van der Waals surface area contributed by atoms with E-state index in [-0.39, 0.29) is 10.8 Å². The van der Waals surface area contributed by atoms with E-state index in [1.54, 1.807) is 6.33 Å². The molecule has 4 aromatic rings. The van der Waals surface area contributed by atoms with Gasteiger partial charge in [0.15, 0.2) is 0 Å². The normalized spacial score (nSPS) is 12.6. The average Bonchev–Trinajstić information content (AvgIpc) is 2.64. The summed E-state index contributed by atoms with van der Waals surface area (Å²) >= 11 is 0. The third kappa shape index (κ3) is 4.07. The van der Waals surface area contributed by atoms with Gasteiger partial charge in [-0.3, -0.25) is 4.98 Å². The Morgan fingerprint density at radius 3 is 2.30 bits per heavy atom. The smallest absolute Gasteiger partial charge is 0.116 e. The van der Waals surface area contributed by atoms with Gasteiger partial charge in [0, 0.05) is 22.0 Å². The lowest BCUT2D eigenvalue weighted by atomic mass is 9.83. The van der Waals surface area contributed by atoms with Crippen molar-refractivity contribution in [1.82, 2.24) is 15.0 Å². The van der Waals surface area contributed by atoms with Crippen molar-refractivity contribution in [2.45, 2.75) is 60.3 Å². The number of rotatable bonds is 2. The van der Waals surface area contributed by atoms with Crippen molar-refractivity contribution in [2.75, 3.05) is 0 Å². The third-order valence-corrected chi connectivity index (χ3v) is 5.45. The molecule has 0 radical (unpaired) electrons. The van der Waals surface area contributed by atoms with Crippen LogP contribution in [-0.4, -0.2) is 15.0 Å². The molecule has 0 amide bonds. The highest BCUT2D eigenvalue weighted by atomic mass is 14.8. The predicted octanol–water partition coefficient (Wildman–Crippen LogP) is 7.04. The molecule has 2 aromatic carbocycles. The monoisotopic (exact) mass is 397 g/mol. The molecule has 0 spiro atoms. The molecule has 0 aliphatic rings. The van der Waals surface area contributed by atoms with Gasteiger partial charge in [0.2, 0.25) is 0 Å². The molecule has 30 heavy (non-hydrogen) atoms. The lowest BCUT2D eigenvalue weighted by molar-refractivity contribution is 0.411. The van der Waals surface area contributed by atoms with Gasteiger partial charge in [-0.1, -0.05) is 59.7 Å². The van der Waals surface area contributed by atoms with E-state index in [4.69, 9.17) is 9.97 Å². The van der Waals surface area contributed by atoms with Gasteiger partial charge in [0.05, 0.1) is 16.7 Å². The van der Waals surface area contributed by atoms with Gasteiger partial charge in [-0.15, -0.1) is 0 Å². The van der Waals surface area contributed by atoms with Crippen LogP contribution in [0.25, 0.3) is 33.1 Å². The van der Waals surface area contributed by atoms with Crippen LogP contribution in [0, 0.1) is 12.3 Å². The number of aromatic nitrogens is 3. The van der Waals surface area contributed by atoms with E-state index in [0.717, 1.165) is 45.2 Å². The van der Waals surface area contributed by atoms with Crippen LogP contribution in [0.15, 0.2) is 48.8 Å². The van der Waals surface area contributed by atoms with Crippen molar-refractivity contribution in [3.8, 4) is 11.3 Å². The lowest BCUT2D eigenvalue weighted by Gasteiger charge is -2.22. The number of hydrogen-bond acceptors (Lipinski definition) is 3. The molecule has 0 saturated heterocycles. The zero-order chi connectivity index (χ0) is 21.7. The highest BCUT2D eigenvalue weighted by molar-refractivity contribution is 5.96. The first kappa shape index (κ1) is 20.5. The molecule has 154 valence electrons. The summed E-state index contributed by atoms with van der Waals surface area (Å²) in [4.78, 5) is 14.1. The summed E-state index contributed by atoms with van der Waals surface area (Å²) in [5.41, 5.74) is 8.01. The molecule has 0 atom stereocenters. The van der Waals surface area contributed by atoms with E-state index in [9.17, 15) is 0 Å². The summed E-state index contributed by atoms with van der Waals surface area (Å²) in [6, 6.07) is 15.3. The van der Waals surface area contributed by atoms with Gasteiger partial charge < -0.3 is 0 Å². The molecule has 3 heteroatoms. The Morgan fingerprint density at radius 2 is 1.60 bits per heavy atom. The standard InChI is InChI=1S/C27H31N3/c1-17-8-10-19-13-20(14-22(25(19)30-17)27(5,6)7)24-21-11-9-18(15-26(2,3)4)12-23(21)28-16-29-24/h8-14,16H,15H2,1-7H3. The van der Waals surface area contributed by atoms with Crippen LogP contribution in [0.1, 0.15) is 58.4 Å². The van der Waals surface area contributed by atoms with Gasteiger partial charge in [-0.2, -0.15) is 0 Å². The Kier molecular flexibility index (Phi) is 4.88. The molecule has 0 unspecified atom stereocenters. The van der Waals surface area contributed by atoms with Crippen LogP contribution in [0.4, 0.5) is 0 Å². The molecule has 0 N–H and O–H groups in total. The second kappa shape index (κ2) is 7.16. The van der Waals surface area contributed by atoms with Gasteiger partial charge in [-0.25, -0.2) is 9.97 Å². The third-order valence-electron chi connectivity index (χ3n) is 5.45. The van der Waals surface area contributed by atoms with Crippen LogP contribution in [0.5, 0.6) is 0 Å². The van der Waals surface area contributed by atoms with Gasteiger partial charge >= 0.3 is 0 Å². The van der Waals surface area contributed by atoms with Crippen LogP contribution in [0.3, 0.4) is 0 Å². The van der Waals surface area contributed by atoms with Crippen molar-refractivity contribution in [2.24, 2.45) is 5.41 Å². The lowest BCUT2D eigenvalue weighted by Crippen LogP contribution is -2.13. The van der Waals surface area contributed by atoms with E-state index < -0.39 is 0 Å². The zero-order valence-corrected chi connectivity index (χ0v) is 19.2. The minimum atomic E-state index is -0.0161. The number of aryl methyl sites for hydroxylation is 1. The maximum absolute atomic E-state index is 4.85. The molecule has 0 fully saturated rings. The van der Waals surface area contributed by atoms with Gasteiger partial charge in [0.1, 0.15) is 6.33 Å². The number of fused-ring (bicyclic) bond motifs is 2. The summed E-state index contributed by atoms with van der Waals surface area (Å²) < 4.78 is 0. The molecule has 0 bridgehead atoms. The summed E-state index contributed by atoms with van der Waals surface area (Å²) in [7, 11) is 0. The predicted molar refractivity (Wildman–Crippen MR) is 127 cm³/mol. The first-order valence-corrected chi connectivity index (χ1v) is 10.7. The van der Waals surface area contributed by atoms with Crippen molar-refractivity contribution >= 4 is 21.8 Å². The van der Waals surface area contributed by atoms with Crippen LogP contribution >= 0.6 is 0 Å². The number of benzene rings is 2. The molecular formula is C27H31N3. The van der Waals surface area contributed by atoms with E-state index in [1.807, 2.05) is 6.92 Å². The van der Waals surface area contributed by atoms with Crippen LogP contribution < -0.4 is 0 Å². The summed E-state index contributed by atoms with van der Waals surface area (Å²) in [6.07, 6.45) is 2.71. The van der Waals surface area contributed by atoms with Gasteiger partial charge in [0.25, 0.3) is 0 Å². The summed E-state index contributed by atoms with van der Waals surface area (Å²) in [5, 5.41) is 2.24. The highest BCUT2D eigenvalue weighted by Crippen LogP contribution is 2.35. The topological polar surface area (TPSA) is 38.7 Å². The molecule has 4 rings (SSSR count). The summed E-state index contributed by atoms with van der Waals surface area (Å²) in [6.45, 7) is 15.6. The zero-order valence-electron chi connectivity index (χ0n) is 19.2.